The predicted molar refractivity (Wildman–Crippen MR) is 80.0 cm³/mol. The van der Waals surface area contributed by atoms with Crippen molar-refractivity contribution >= 4 is 5.97 Å². The van der Waals surface area contributed by atoms with E-state index >= 15 is 0 Å². The fourth-order valence-electron chi connectivity index (χ4n) is 1.99. The molecule has 0 bridgehead atoms. The van der Waals surface area contributed by atoms with Gasteiger partial charge in [0.25, 0.3) is 0 Å². The van der Waals surface area contributed by atoms with Gasteiger partial charge in [-0.25, -0.2) is 4.79 Å². The molecule has 4 heteroatoms. The number of carbonyl (C=O) groups is 1. The second-order valence-electron chi connectivity index (χ2n) is 5.15. The van der Waals surface area contributed by atoms with E-state index in [9.17, 15) is 4.79 Å². The molecule has 0 heterocycles. The van der Waals surface area contributed by atoms with Gasteiger partial charge in [-0.1, -0.05) is 24.6 Å². The molecule has 1 rings (SSSR count). The van der Waals surface area contributed by atoms with Gasteiger partial charge >= 0.3 is 5.97 Å². The summed E-state index contributed by atoms with van der Waals surface area (Å²) in [5.41, 5.74) is 2.23. The molecular formula is C16H25NO3. The largest absolute Gasteiger partial charge is 0.482 e. The molecule has 20 heavy (non-hydrogen) atoms. The average Bonchev–Trinajstić information content (AvgIpc) is 2.36. The summed E-state index contributed by atoms with van der Waals surface area (Å²) in [6.07, 6.45) is -0.121. The monoisotopic (exact) mass is 279 g/mol. The Balaban J connectivity index is 2.76. The van der Waals surface area contributed by atoms with E-state index in [1.165, 1.54) is 5.56 Å². The lowest BCUT2D eigenvalue weighted by atomic mass is 10.0. The summed E-state index contributed by atoms with van der Waals surface area (Å²) in [4.78, 5) is 11.5. The summed E-state index contributed by atoms with van der Waals surface area (Å²) >= 11 is 0. The molecule has 0 aliphatic heterocycles. The van der Waals surface area contributed by atoms with Crippen LogP contribution in [-0.2, 0) is 9.53 Å². The highest BCUT2D eigenvalue weighted by atomic mass is 16.6. The van der Waals surface area contributed by atoms with Crippen molar-refractivity contribution in [1.29, 1.82) is 0 Å². The Kier molecular flexibility index (Phi) is 6.52. The molecule has 1 N–H and O–H groups in total. The number of aryl methyl sites for hydroxylation is 1. The number of carbonyl (C=O) groups excluding carboxylic acids is 1. The lowest BCUT2D eigenvalue weighted by molar-refractivity contribution is -0.149. The Bertz CT molecular complexity index is 443. The number of hydrogen-bond acceptors (Lipinski definition) is 4. The van der Waals surface area contributed by atoms with Gasteiger partial charge in [0, 0.05) is 11.6 Å². The second kappa shape index (κ2) is 7.90. The number of hydrogen-bond donors (Lipinski definition) is 1. The quantitative estimate of drug-likeness (QED) is 0.779. The molecule has 1 aromatic rings. The van der Waals surface area contributed by atoms with Gasteiger partial charge in [-0.2, -0.15) is 0 Å². The fourth-order valence-corrected chi connectivity index (χ4v) is 1.99. The summed E-state index contributed by atoms with van der Waals surface area (Å²) in [5.74, 6) is 0.382. The standard InChI is InChI=1S/C16H25NO3/c1-6-17-13(5)14-9-12(4)7-8-15(14)19-10-16(18)20-11(2)3/h7-9,11,13,17H,6,10H2,1-5H3. The number of esters is 1. The number of rotatable bonds is 7. The molecule has 0 radical (unpaired) electrons. The zero-order valence-electron chi connectivity index (χ0n) is 13.0. The minimum Gasteiger partial charge on any atom is -0.482 e. The maximum Gasteiger partial charge on any atom is 0.344 e. The van der Waals surface area contributed by atoms with Crippen molar-refractivity contribution in [2.75, 3.05) is 13.2 Å². The van der Waals surface area contributed by atoms with E-state index in [2.05, 4.69) is 25.2 Å². The smallest absolute Gasteiger partial charge is 0.344 e. The summed E-state index contributed by atoms with van der Waals surface area (Å²) in [6.45, 7) is 10.6. The average molecular weight is 279 g/mol. The Hall–Kier alpha value is -1.55. The van der Waals surface area contributed by atoms with Crippen LogP contribution in [0.2, 0.25) is 0 Å². The highest BCUT2D eigenvalue weighted by Gasteiger charge is 2.13. The predicted octanol–water partition coefficient (Wildman–Crippen LogP) is 3.00. The third kappa shape index (κ3) is 5.21. The molecule has 0 aliphatic rings. The van der Waals surface area contributed by atoms with Crippen LogP contribution < -0.4 is 10.1 Å². The molecule has 0 amide bonds. The number of benzene rings is 1. The van der Waals surface area contributed by atoms with Crippen molar-refractivity contribution in [3.05, 3.63) is 29.3 Å². The molecule has 0 saturated heterocycles. The molecule has 0 aromatic heterocycles. The van der Waals surface area contributed by atoms with Gasteiger partial charge in [0.05, 0.1) is 6.10 Å². The fraction of sp³-hybridized carbons (Fsp3) is 0.562. The van der Waals surface area contributed by atoms with E-state index in [1.54, 1.807) is 0 Å². The van der Waals surface area contributed by atoms with E-state index in [4.69, 9.17) is 9.47 Å². The highest BCUT2D eigenvalue weighted by molar-refractivity contribution is 5.71. The molecule has 1 unspecified atom stereocenters. The highest BCUT2D eigenvalue weighted by Crippen LogP contribution is 2.26. The first-order valence-corrected chi connectivity index (χ1v) is 7.10. The third-order valence-electron chi connectivity index (χ3n) is 2.85. The van der Waals surface area contributed by atoms with Gasteiger partial charge in [0.2, 0.25) is 0 Å². The topological polar surface area (TPSA) is 47.6 Å². The van der Waals surface area contributed by atoms with Crippen LogP contribution in [0.25, 0.3) is 0 Å². The van der Waals surface area contributed by atoms with Gasteiger partial charge in [-0.05, 0) is 40.3 Å². The van der Waals surface area contributed by atoms with Crippen LogP contribution in [0.3, 0.4) is 0 Å². The van der Waals surface area contributed by atoms with Gasteiger partial charge in [0.15, 0.2) is 6.61 Å². The lowest BCUT2D eigenvalue weighted by Crippen LogP contribution is -2.21. The molecule has 4 nitrogen and oxygen atoms in total. The first-order chi connectivity index (χ1) is 9.43. The Morgan fingerprint density at radius 1 is 1.30 bits per heavy atom. The molecule has 0 spiro atoms. The minimum atomic E-state index is -0.345. The first-order valence-electron chi connectivity index (χ1n) is 7.10. The van der Waals surface area contributed by atoms with Crippen molar-refractivity contribution in [3.63, 3.8) is 0 Å². The van der Waals surface area contributed by atoms with Crippen molar-refractivity contribution in [2.24, 2.45) is 0 Å². The van der Waals surface area contributed by atoms with Crippen LogP contribution in [0.5, 0.6) is 5.75 Å². The maximum absolute atomic E-state index is 11.5. The summed E-state index contributed by atoms with van der Waals surface area (Å²) in [5, 5.41) is 3.35. The first kappa shape index (κ1) is 16.5. The van der Waals surface area contributed by atoms with Crippen LogP contribution in [0.1, 0.15) is 44.9 Å². The normalized spacial score (nSPS) is 12.3. The summed E-state index contributed by atoms with van der Waals surface area (Å²) in [7, 11) is 0. The molecule has 1 aromatic carbocycles. The maximum atomic E-state index is 11.5. The Labute approximate surface area is 121 Å². The Morgan fingerprint density at radius 3 is 2.60 bits per heavy atom. The molecule has 112 valence electrons. The molecule has 0 fully saturated rings. The van der Waals surface area contributed by atoms with E-state index in [1.807, 2.05) is 32.9 Å². The van der Waals surface area contributed by atoms with Crippen LogP contribution in [0.15, 0.2) is 18.2 Å². The molecule has 0 aliphatic carbocycles. The van der Waals surface area contributed by atoms with E-state index in [0.29, 0.717) is 0 Å². The zero-order chi connectivity index (χ0) is 15.1. The summed E-state index contributed by atoms with van der Waals surface area (Å²) in [6, 6.07) is 6.14. The number of ether oxygens (including phenoxy) is 2. The summed E-state index contributed by atoms with van der Waals surface area (Å²) < 4.78 is 10.7. The van der Waals surface area contributed by atoms with Gasteiger partial charge < -0.3 is 14.8 Å². The van der Waals surface area contributed by atoms with Crippen LogP contribution in [0, 0.1) is 6.92 Å². The minimum absolute atomic E-state index is 0.0624. The van der Waals surface area contributed by atoms with Crippen molar-refractivity contribution in [1.82, 2.24) is 5.32 Å². The molecule has 1 atom stereocenters. The second-order valence-corrected chi connectivity index (χ2v) is 5.15. The van der Waals surface area contributed by atoms with Crippen molar-refractivity contribution in [2.45, 2.75) is 46.8 Å². The van der Waals surface area contributed by atoms with Crippen LogP contribution in [-0.4, -0.2) is 25.2 Å². The van der Waals surface area contributed by atoms with E-state index < -0.39 is 0 Å². The van der Waals surface area contributed by atoms with Crippen LogP contribution >= 0.6 is 0 Å². The third-order valence-corrected chi connectivity index (χ3v) is 2.85. The zero-order valence-corrected chi connectivity index (χ0v) is 13.0. The molecular weight excluding hydrogens is 254 g/mol. The van der Waals surface area contributed by atoms with Gasteiger partial charge in [-0.3, -0.25) is 0 Å². The van der Waals surface area contributed by atoms with Gasteiger partial charge in [-0.15, -0.1) is 0 Å². The lowest BCUT2D eigenvalue weighted by Gasteiger charge is -2.18. The van der Waals surface area contributed by atoms with Crippen LogP contribution in [0.4, 0.5) is 0 Å². The Morgan fingerprint density at radius 2 is 2.00 bits per heavy atom. The molecule has 0 saturated carbocycles. The van der Waals surface area contributed by atoms with Gasteiger partial charge in [0.1, 0.15) is 5.75 Å². The van der Waals surface area contributed by atoms with Crippen molar-refractivity contribution in [3.8, 4) is 5.75 Å². The van der Waals surface area contributed by atoms with E-state index in [-0.39, 0.29) is 24.7 Å². The number of nitrogens with one attached hydrogen (secondary N) is 1. The van der Waals surface area contributed by atoms with Crippen molar-refractivity contribution < 1.29 is 14.3 Å². The SMILES string of the molecule is CCNC(C)c1cc(C)ccc1OCC(=O)OC(C)C. The van der Waals surface area contributed by atoms with E-state index in [0.717, 1.165) is 17.9 Å².